The molecule has 0 saturated carbocycles. The minimum Gasteiger partial charge on any atom is -0.480 e. The van der Waals surface area contributed by atoms with Crippen LogP contribution in [0, 0.1) is 0 Å². The maximum absolute atomic E-state index is 11.0. The van der Waals surface area contributed by atoms with E-state index in [0.717, 1.165) is 58.1 Å². The number of carboxylic acid groups (broad SMARTS) is 1. The van der Waals surface area contributed by atoms with Crippen LogP contribution in [0.1, 0.15) is 16.7 Å². The van der Waals surface area contributed by atoms with Crippen LogP contribution in [-0.2, 0) is 24.3 Å². The highest BCUT2D eigenvalue weighted by Crippen LogP contribution is 2.30. The summed E-state index contributed by atoms with van der Waals surface area (Å²) in [6.07, 6.45) is 1.03. The maximum Gasteiger partial charge on any atom is 0.317 e. The Bertz CT molecular complexity index is 1060. The number of rotatable bonds is 6. The largest absolute Gasteiger partial charge is 0.480 e. The quantitative estimate of drug-likeness (QED) is 0.659. The van der Waals surface area contributed by atoms with Crippen molar-refractivity contribution in [3.8, 4) is 0 Å². The number of carbonyl (C=O) groups is 1. The van der Waals surface area contributed by atoms with E-state index in [9.17, 15) is 4.79 Å². The molecule has 1 aromatic heterocycles. The Balaban J connectivity index is 1.14. The van der Waals surface area contributed by atoms with Crippen LogP contribution in [0.5, 0.6) is 0 Å². The third-order valence-corrected chi connectivity index (χ3v) is 6.98. The second-order valence-corrected chi connectivity index (χ2v) is 9.03. The zero-order valence-corrected chi connectivity index (χ0v) is 17.8. The second-order valence-electron chi connectivity index (χ2n) is 8.22. The van der Waals surface area contributed by atoms with Crippen LogP contribution >= 0.6 is 11.5 Å². The van der Waals surface area contributed by atoms with Gasteiger partial charge < -0.3 is 10.0 Å². The van der Waals surface area contributed by atoms with Crippen molar-refractivity contribution in [3.63, 3.8) is 0 Å². The van der Waals surface area contributed by atoms with Crippen molar-refractivity contribution in [1.82, 2.24) is 14.2 Å². The Morgan fingerprint density at radius 3 is 2.63 bits per heavy atom. The van der Waals surface area contributed by atoms with Crippen LogP contribution in [-0.4, -0.2) is 64.5 Å². The van der Waals surface area contributed by atoms with Gasteiger partial charge in [0.1, 0.15) is 5.82 Å². The number of fused-ring (bicyclic) bond motifs is 2. The zero-order chi connectivity index (χ0) is 20.5. The lowest BCUT2D eigenvalue weighted by Gasteiger charge is -2.35. The van der Waals surface area contributed by atoms with Gasteiger partial charge in [0.25, 0.3) is 0 Å². The number of aliphatic carboxylic acids is 1. The number of benzene rings is 2. The smallest absolute Gasteiger partial charge is 0.317 e. The van der Waals surface area contributed by atoms with Gasteiger partial charge in [-0.25, -0.2) is 0 Å². The topological polar surface area (TPSA) is 59.9 Å². The van der Waals surface area contributed by atoms with Crippen molar-refractivity contribution in [2.45, 2.75) is 19.5 Å². The Morgan fingerprint density at radius 1 is 1.00 bits per heavy atom. The van der Waals surface area contributed by atoms with Gasteiger partial charge >= 0.3 is 5.97 Å². The molecule has 0 unspecified atom stereocenters. The molecule has 6 nitrogen and oxygen atoms in total. The molecule has 2 aliphatic rings. The Hall–Kier alpha value is -2.48. The van der Waals surface area contributed by atoms with Crippen LogP contribution < -0.4 is 4.90 Å². The van der Waals surface area contributed by atoms with Crippen molar-refractivity contribution >= 4 is 33.4 Å². The zero-order valence-electron chi connectivity index (χ0n) is 17.0. The molecule has 2 aliphatic heterocycles. The van der Waals surface area contributed by atoms with Crippen LogP contribution in [0.2, 0.25) is 0 Å². The van der Waals surface area contributed by atoms with Crippen molar-refractivity contribution < 1.29 is 9.90 Å². The molecule has 30 heavy (non-hydrogen) atoms. The van der Waals surface area contributed by atoms with E-state index >= 15 is 0 Å². The summed E-state index contributed by atoms with van der Waals surface area (Å²) in [5.74, 6) is 0.382. The Morgan fingerprint density at radius 2 is 1.80 bits per heavy atom. The van der Waals surface area contributed by atoms with E-state index in [4.69, 9.17) is 9.48 Å². The monoisotopic (exact) mass is 422 g/mol. The highest BCUT2D eigenvalue weighted by atomic mass is 32.1. The first-order chi connectivity index (χ1) is 14.7. The predicted molar refractivity (Wildman–Crippen MR) is 120 cm³/mol. The van der Waals surface area contributed by atoms with Gasteiger partial charge in [-0.3, -0.25) is 14.6 Å². The molecule has 0 radical (unpaired) electrons. The molecule has 0 atom stereocenters. The molecule has 0 bridgehead atoms. The number of aromatic nitrogens is 1. The minimum absolute atomic E-state index is 0.114. The highest BCUT2D eigenvalue weighted by molar-refractivity contribution is 7.13. The fourth-order valence-corrected chi connectivity index (χ4v) is 5.34. The van der Waals surface area contributed by atoms with Crippen LogP contribution in [0.4, 0.5) is 5.82 Å². The molecule has 2 aromatic carbocycles. The van der Waals surface area contributed by atoms with E-state index in [-0.39, 0.29) is 6.54 Å². The molecule has 156 valence electrons. The van der Waals surface area contributed by atoms with Crippen molar-refractivity contribution in [3.05, 3.63) is 59.2 Å². The number of nitrogens with zero attached hydrogens (tertiary/aromatic N) is 4. The molecule has 3 heterocycles. The first-order valence-corrected chi connectivity index (χ1v) is 11.3. The standard InChI is InChI=1S/C23H26N4O2S/c28-22(29)16-26-14-18-6-5-17(13-19(18)15-26)7-8-25-9-11-27(12-10-25)23-20-3-1-2-4-21(20)30-24-23/h1-6,13H,7-12,14-16H2,(H,28,29). The molecule has 1 N–H and O–H groups in total. The van der Waals surface area contributed by atoms with Crippen molar-refractivity contribution in [1.29, 1.82) is 0 Å². The third-order valence-electron chi connectivity index (χ3n) is 6.16. The average molecular weight is 423 g/mol. The SMILES string of the molecule is O=C(O)CN1Cc2ccc(CCN3CCN(c4nsc5ccccc45)CC3)cc2C1. The lowest BCUT2D eigenvalue weighted by molar-refractivity contribution is -0.138. The van der Waals surface area contributed by atoms with Gasteiger partial charge in [0.15, 0.2) is 0 Å². The van der Waals surface area contributed by atoms with Gasteiger partial charge in [0, 0.05) is 51.2 Å². The van der Waals surface area contributed by atoms with Gasteiger partial charge in [-0.2, -0.15) is 4.37 Å². The first-order valence-electron chi connectivity index (χ1n) is 10.5. The summed E-state index contributed by atoms with van der Waals surface area (Å²) < 4.78 is 5.96. The predicted octanol–water partition coefficient (Wildman–Crippen LogP) is 3.06. The average Bonchev–Trinajstić information content (AvgIpc) is 3.35. The van der Waals surface area contributed by atoms with E-state index in [1.807, 2.05) is 4.90 Å². The lowest BCUT2D eigenvalue weighted by Crippen LogP contribution is -2.47. The van der Waals surface area contributed by atoms with Gasteiger partial charge in [0.2, 0.25) is 0 Å². The molecule has 0 aliphatic carbocycles. The number of hydrogen-bond acceptors (Lipinski definition) is 6. The molecule has 0 spiro atoms. The van der Waals surface area contributed by atoms with E-state index in [1.54, 1.807) is 11.5 Å². The summed E-state index contributed by atoms with van der Waals surface area (Å²) in [5, 5.41) is 10.3. The van der Waals surface area contributed by atoms with Crippen LogP contribution in [0.25, 0.3) is 10.1 Å². The molecule has 0 amide bonds. The highest BCUT2D eigenvalue weighted by Gasteiger charge is 2.22. The Kier molecular flexibility index (Phi) is 5.41. The van der Waals surface area contributed by atoms with Crippen LogP contribution in [0.15, 0.2) is 42.5 Å². The van der Waals surface area contributed by atoms with E-state index in [0.29, 0.717) is 0 Å². The summed E-state index contributed by atoms with van der Waals surface area (Å²) in [7, 11) is 0. The minimum atomic E-state index is -0.757. The first kappa shape index (κ1) is 19.5. The summed E-state index contributed by atoms with van der Waals surface area (Å²) >= 11 is 1.59. The second kappa shape index (κ2) is 8.34. The summed E-state index contributed by atoms with van der Waals surface area (Å²) in [4.78, 5) is 17.9. The number of piperazine rings is 1. The van der Waals surface area contributed by atoms with E-state index in [2.05, 4.69) is 52.3 Å². The van der Waals surface area contributed by atoms with Gasteiger partial charge in [-0.15, -0.1) is 0 Å². The lowest BCUT2D eigenvalue weighted by atomic mass is 10.0. The summed E-state index contributed by atoms with van der Waals surface area (Å²) in [5.41, 5.74) is 3.90. The van der Waals surface area contributed by atoms with Gasteiger partial charge in [-0.1, -0.05) is 30.3 Å². The van der Waals surface area contributed by atoms with Crippen molar-refractivity contribution in [2.24, 2.45) is 0 Å². The van der Waals surface area contributed by atoms with Gasteiger partial charge in [0.05, 0.1) is 11.2 Å². The molecular formula is C23H26N4O2S. The molecular weight excluding hydrogens is 396 g/mol. The number of carboxylic acids is 1. The fraction of sp³-hybridized carbons (Fsp3) is 0.391. The number of hydrogen-bond donors (Lipinski definition) is 1. The maximum atomic E-state index is 11.0. The molecule has 1 fully saturated rings. The Labute approximate surface area is 180 Å². The fourth-order valence-electron chi connectivity index (χ4n) is 4.55. The summed E-state index contributed by atoms with van der Waals surface area (Å²) in [6, 6.07) is 15.1. The molecule has 5 rings (SSSR count). The van der Waals surface area contributed by atoms with Gasteiger partial charge in [-0.05, 0) is 46.8 Å². The van der Waals surface area contributed by atoms with E-state index in [1.165, 1.54) is 26.8 Å². The number of anilines is 1. The van der Waals surface area contributed by atoms with Crippen molar-refractivity contribution in [2.75, 3.05) is 44.2 Å². The summed E-state index contributed by atoms with van der Waals surface area (Å²) in [6.45, 7) is 6.81. The molecule has 3 aromatic rings. The molecule has 1 saturated heterocycles. The third kappa shape index (κ3) is 4.05. The van der Waals surface area contributed by atoms with E-state index < -0.39 is 5.97 Å². The molecule has 7 heteroatoms. The van der Waals surface area contributed by atoms with Crippen LogP contribution in [0.3, 0.4) is 0 Å². The normalized spacial score (nSPS) is 17.5.